The summed E-state index contributed by atoms with van der Waals surface area (Å²) in [6, 6.07) is 5.65. The van der Waals surface area contributed by atoms with Crippen molar-refractivity contribution in [3.8, 4) is 0 Å². The summed E-state index contributed by atoms with van der Waals surface area (Å²) in [4.78, 5) is 11.7. The third-order valence-corrected chi connectivity index (χ3v) is 6.10. The van der Waals surface area contributed by atoms with E-state index in [9.17, 15) is 18.3 Å². The Bertz CT molecular complexity index is 1480. The molecule has 0 aliphatic carbocycles. The molecule has 0 aliphatic heterocycles. The van der Waals surface area contributed by atoms with Gasteiger partial charge in [0.25, 0.3) is 0 Å². The van der Waals surface area contributed by atoms with Crippen LogP contribution in [0, 0.1) is 23.3 Å². The van der Waals surface area contributed by atoms with Crippen molar-refractivity contribution in [2.45, 2.75) is 30.8 Å². The first-order chi connectivity index (χ1) is 18.8. The third kappa shape index (κ3) is 5.68. The molecule has 15 heteroatoms. The van der Waals surface area contributed by atoms with Crippen LogP contribution in [0.3, 0.4) is 0 Å². The minimum Gasteiger partial charge on any atom is -0.381 e. The summed E-state index contributed by atoms with van der Waals surface area (Å²) in [7, 11) is 0. The number of hydrogen-bond acceptors (Lipinski definition) is 8. The normalized spacial score (nSPS) is 13.5. The number of hydrogen-bond donors (Lipinski definition) is 1. The number of halogens is 4. The average Bonchev–Trinajstić information content (AvgIpc) is 3.68. The van der Waals surface area contributed by atoms with Gasteiger partial charge in [0.2, 0.25) is 0 Å². The Balaban J connectivity index is 1.61. The zero-order valence-electron chi connectivity index (χ0n) is 20.1. The van der Waals surface area contributed by atoms with Crippen LogP contribution in [0.25, 0.3) is 0 Å². The summed E-state index contributed by atoms with van der Waals surface area (Å²) in [5.41, 5.74) is -4.27. The fraction of sp³-hybridized carbons (Fsp3) is 0.250. The fourth-order valence-electron chi connectivity index (χ4n) is 4.32. The van der Waals surface area contributed by atoms with E-state index in [2.05, 4.69) is 30.2 Å². The van der Waals surface area contributed by atoms with Crippen LogP contribution in [-0.2, 0) is 35.6 Å². The van der Waals surface area contributed by atoms with E-state index in [-0.39, 0.29) is 30.8 Å². The van der Waals surface area contributed by atoms with Gasteiger partial charge in [0.15, 0.2) is 0 Å². The van der Waals surface area contributed by atoms with Crippen molar-refractivity contribution in [1.29, 1.82) is 0 Å². The highest BCUT2D eigenvalue weighted by Gasteiger charge is 2.43. The molecular formula is C24H21F4N9O2. The monoisotopic (exact) mass is 543 g/mol. The van der Waals surface area contributed by atoms with Crippen molar-refractivity contribution in [3.63, 3.8) is 0 Å². The van der Waals surface area contributed by atoms with Crippen molar-refractivity contribution in [3.05, 3.63) is 109 Å². The van der Waals surface area contributed by atoms with Crippen molar-refractivity contribution in [2.24, 2.45) is 0 Å². The molecule has 0 amide bonds. The van der Waals surface area contributed by atoms with Crippen LogP contribution in [0.2, 0.25) is 0 Å². The highest BCUT2D eigenvalue weighted by molar-refractivity contribution is 5.28. The number of nitrogens with zero attached hydrogens (tertiary/aromatic N) is 9. The van der Waals surface area contributed by atoms with Gasteiger partial charge in [0.1, 0.15) is 72.4 Å². The largest absolute Gasteiger partial charge is 0.381 e. The van der Waals surface area contributed by atoms with Gasteiger partial charge in [-0.15, -0.1) is 0 Å². The first-order valence-electron chi connectivity index (χ1n) is 11.5. The second-order valence-electron chi connectivity index (χ2n) is 8.84. The maximum atomic E-state index is 15.4. The van der Waals surface area contributed by atoms with Crippen molar-refractivity contribution in [2.75, 3.05) is 6.61 Å². The summed E-state index contributed by atoms with van der Waals surface area (Å²) < 4.78 is 68.3. The van der Waals surface area contributed by atoms with Gasteiger partial charge in [-0.3, -0.25) is 0 Å². The van der Waals surface area contributed by atoms with E-state index in [0.29, 0.717) is 12.1 Å². The Morgan fingerprint density at radius 1 is 0.667 bits per heavy atom. The minimum absolute atomic E-state index is 0.0995. The molecule has 11 nitrogen and oxygen atoms in total. The molecule has 1 unspecified atom stereocenters. The molecule has 5 aromatic rings. The number of rotatable bonds is 11. The molecular weight excluding hydrogens is 522 g/mol. The molecule has 202 valence electrons. The lowest BCUT2D eigenvalue weighted by Crippen LogP contribution is -2.46. The van der Waals surface area contributed by atoms with Gasteiger partial charge in [-0.25, -0.2) is 46.6 Å². The molecule has 0 radical (unpaired) electrons. The molecule has 1 N–H and O–H groups in total. The van der Waals surface area contributed by atoms with Crippen LogP contribution in [0.15, 0.2) is 74.4 Å². The van der Waals surface area contributed by atoms with Crippen LogP contribution in [0.4, 0.5) is 17.6 Å². The number of ether oxygens (including phenoxy) is 1. The lowest BCUT2D eigenvalue weighted by Gasteiger charge is -2.38. The standard InChI is InChI=1S/C24H21F4N9O2/c25-17-1-3-19(21(27)5-17)23(38,7-35-14-29-11-32-35)10-39-24(8-36-15-30-12-33-36,9-37-16-31-13-34-37)20-4-2-18(26)6-22(20)28/h1-6,11-16,38H,7-10H2. The molecule has 0 bridgehead atoms. The summed E-state index contributed by atoms with van der Waals surface area (Å²) in [6.07, 6.45) is 7.76. The molecule has 0 aliphatic rings. The molecule has 0 saturated carbocycles. The molecule has 3 aromatic heterocycles. The van der Waals surface area contributed by atoms with E-state index in [1.807, 2.05) is 0 Å². The highest BCUT2D eigenvalue weighted by atomic mass is 19.1. The molecule has 0 fully saturated rings. The van der Waals surface area contributed by atoms with E-state index >= 15 is 4.39 Å². The summed E-state index contributed by atoms with van der Waals surface area (Å²) in [5, 5.41) is 23.9. The highest BCUT2D eigenvalue weighted by Crippen LogP contribution is 2.36. The minimum atomic E-state index is -2.15. The topological polar surface area (TPSA) is 122 Å². The Morgan fingerprint density at radius 3 is 1.56 bits per heavy atom. The first-order valence-corrected chi connectivity index (χ1v) is 11.5. The van der Waals surface area contributed by atoms with Gasteiger partial charge in [-0.1, -0.05) is 12.1 Å². The van der Waals surface area contributed by atoms with Gasteiger partial charge >= 0.3 is 0 Å². The number of aliphatic hydroxyl groups is 1. The summed E-state index contributed by atoms with van der Waals surface area (Å²) >= 11 is 0. The fourth-order valence-corrected chi connectivity index (χ4v) is 4.32. The Kier molecular flexibility index (Phi) is 7.17. The maximum absolute atomic E-state index is 15.4. The number of benzene rings is 2. The van der Waals surface area contributed by atoms with Crippen LogP contribution >= 0.6 is 0 Å². The second-order valence-corrected chi connectivity index (χ2v) is 8.84. The van der Waals surface area contributed by atoms with E-state index in [1.54, 1.807) is 0 Å². The van der Waals surface area contributed by atoms with Gasteiger partial charge in [-0.05, 0) is 12.1 Å². The molecule has 39 heavy (non-hydrogen) atoms. The average molecular weight is 543 g/mol. The number of aromatic nitrogens is 9. The van der Waals surface area contributed by atoms with Crippen LogP contribution < -0.4 is 0 Å². The predicted molar refractivity (Wildman–Crippen MR) is 124 cm³/mol. The molecule has 0 spiro atoms. The van der Waals surface area contributed by atoms with E-state index in [0.717, 1.165) is 18.2 Å². The third-order valence-electron chi connectivity index (χ3n) is 6.10. The molecule has 2 aromatic carbocycles. The molecule has 3 heterocycles. The Labute approximate surface area is 218 Å². The Hall–Kier alpha value is -4.50. The van der Waals surface area contributed by atoms with Crippen molar-refractivity contribution < 1.29 is 27.4 Å². The van der Waals surface area contributed by atoms with E-state index in [4.69, 9.17) is 4.74 Å². The van der Waals surface area contributed by atoms with Crippen LogP contribution in [0.1, 0.15) is 11.1 Å². The van der Waals surface area contributed by atoms with Gasteiger partial charge in [0, 0.05) is 23.3 Å². The second kappa shape index (κ2) is 10.7. The zero-order valence-corrected chi connectivity index (χ0v) is 20.1. The summed E-state index contributed by atoms with van der Waals surface area (Å²) in [6.45, 7) is -1.37. The van der Waals surface area contributed by atoms with Crippen molar-refractivity contribution in [1.82, 2.24) is 44.3 Å². The van der Waals surface area contributed by atoms with Crippen LogP contribution in [0.5, 0.6) is 0 Å². The Morgan fingerprint density at radius 2 is 1.13 bits per heavy atom. The predicted octanol–water partition coefficient (Wildman–Crippen LogP) is 2.22. The van der Waals surface area contributed by atoms with E-state index < -0.39 is 41.1 Å². The van der Waals surface area contributed by atoms with Gasteiger partial charge < -0.3 is 9.84 Å². The lowest BCUT2D eigenvalue weighted by atomic mass is 9.90. The van der Waals surface area contributed by atoms with Crippen LogP contribution in [-0.4, -0.2) is 56.0 Å². The molecule has 5 rings (SSSR count). The molecule has 0 saturated heterocycles. The maximum Gasteiger partial charge on any atom is 0.137 e. The van der Waals surface area contributed by atoms with Crippen molar-refractivity contribution >= 4 is 0 Å². The summed E-state index contributed by atoms with van der Waals surface area (Å²) in [5.74, 6) is -3.64. The lowest BCUT2D eigenvalue weighted by molar-refractivity contribution is -0.151. The SMILES string of the molecule is OC(COC(Cn1cncn1)(Cn1cncn1)c1ccc(F)cc1F)(Cn1cncn1)c1ccc(F)cc1F. The molecule has 1 atom stereocenters. The quantitative estimate of drug-likeness (QED) is 0.252. The zero-order chi connectivity index (χ0) is 27.5. The van der Waals surface area contributed by atoms with Gasteiger partial charge in [0.05, 0.1) is 26.2 Å². The van der Waals surface area contributed by atoms with E-state index in [1.165, 1.54) is 58.1 Å². The van der Waals surface area contributed by atoms with Gasteiger partial charge in [-0.2, -0.15) is 15.3 Å². The first kappa shape index (κ1) is 26.1. The smallest absolute Gasteiger partial charge is 0.137 e.